The fraction of sp³-hybridized carbons (Fsp3) is 0.294. The minimum absolute atomic E-state index is 0.136. The first-order valence-electron chi connectivity index (χ1n) is 7.40. The van der Waals surface area contributed by atoms with E-state index in [-0.39, 0.29) is 5.91 Å². The molecule has 2 aromatic rings. The molecule has 2 N–H and O–H groups in total. The topological polar surface area (TPSA) is 54.0 Å². The maximum atomic E-state index is 12.0. The molecule has 1 aromatic carbocycles. The van der Waals surface area contributed by atoms with Crippen LogP contribution in [0.25, 0.3) is 11.3 Å². The van der Waals surface area contributed by atoms with E-state index in [0.717, 1.165) is 17.8 Å². The molecular formula is C17H18ClN3O. The van der Waals surface area contributed by atoms with E-state index in [1.807, 2.05) is 30.3 Å². The van der Waals surface area contributed by atoms with Gasteiger partial charge in [0.1, 0.15) is 5.82 Å². The largest absolute Gasteiger partial charge is 0.369 e. The van der Waals surface area contributed by atoms with Crippen molar-refractivity contribution < 1.29 is 4.79 Å². The Morgan fingerprint density at radius 2 is 2.14 bits per heavy atom. The Balaban J connectivity index is 1.94. The molecule has 1 heterocycles. The molecule has 22 heavy (non-hydrogen) atoms. The first kappa shape index (κ1) is 14.9. The van der Waals surface area contributed by atoms with Gasteiger partial charge < -0.3 is 10.6 Å². The summed E-state index contributed by atoms with van der Waals surface area (Å²) in [7, 11) is 1.62. The second kappa shape index (κ2) is 6.36. The van der Waals surface area contributed by atoms with Crippen LogP contribution in [0.15, 0.2) is 36.4 Å². The van der Waals surface area contributed by atoms with Crippen LogP contribution >= 0.6 is 11.6 Å². The highest BCUT2D eigenvalue weighted by atomic mass is 35.5. The third kappa shape index (κ3) is 3.39. The Hall–Kier alpha value is -2.07. The van der Waals surface area contributed by atoms with Crippen molar-refractivity contribution in [3.8, 4) is 11.3 Å². The van der Waals surface area contributed by atoms with E-state index < -0.39 is 0 Å². The quantitative estimate of drug-likeness (QED) is 0.886. The van der Waals surface area contributed by atoms with Gasteiger partial charge in [0.05, 0.1) is 11.3 Å². The number of hydrogen-bond acceptors (Lipinski definition) is 3. The van der Waals surface area contributed by atoms with Crippen molar-refractivity contribution in [2.75, 3.05) is 18.9 Å². The zero-order valence-electron chi connectivity index (χ0n) is 12.4. The number of aromatic nitrogens is 1. The molecule has 4 nitrogen and oxygen atoms in total. The minimum Gasteiger partial charge on any atom is -0.369 e. The predicted molar refractivity (Wildman–Crippen MR) is 89.3 cm³/mol. The third-order valence-corrected chi connectivity index (χ3v) is 3.98. The molecule has 0 bridgehead atoms. The van der Waals surface area contributed by atoms with E-state index in [1.54, 1.807) is 13.1 Å². The van der Waals surface area contributed by atoms with Gasteiger partial charge >= 0.3 is 0 Å². The zero-order valence-corrected chi connectivity index (χ0v) is 13.2. The van der Waals surface area contributed by atoms with Gasteiger partial charge in [-0.3, -0.25) is 4.79 Å². The molecule has 0 unspecified atom stereocenters. The minimum atomic E-state index is -0.136. The van der Waals surface area contributed by atoms with Crippen molar-refractivity contribution >= 4 is 23.3 Å². The first-order valence-corrected chi connectivity index (χ1v) is 7.78. The summed E-state index contributed by atoms with van der Waals surface area (Å²) in [5.74, 6) is 1.20. The highest BCUT2D eigenvalue weighted by Gasteiger charge is 2.22. The van der Waals surface area contributed by atoms with Crippen LogP contribution in [0.5, 0.6) is 0 Å². The molecule has 0 spiro atoms. The Bertz CT molecular complexity index is 698. The smallest absolute Gasteiger partial charge is 0.254 e. The molecule has 1 fully saturated rings. The van der Waals surface area contributed by atoms with Crippen LogP contribution in [0, 0.1) is 5.92 Å². The van der Waals surface area contributed by atoms with Gasteiger partial charge in [0.15, 0.2) is 0 Å². The Morgan fingerprint density at radius 3 is 2.82 bits per heavy atom. The molecule has 0 aliphatic heterocycles. The van der Waals surface area contributed by atoms with E-state index in [0.29, 0.717) is 22.3 Å². The third-order valence-electron chi connectivity index (χ3n) is 3.74. The summed E-state index contributed by atoms with van der Waals surface area (Å²) in [6.07, 6.45) is 2.49. The van der Waals surface area contributed by atoms with E-state index in [9.17, 15) is 4.79 Å². The van der Waals surface area contributed by atoms with Crippen LogP contribution in [-0.2, 0) is 0 Å². The average Bonchev–Trinajstić information content (AvgIpc) is 3.36. The normalized spacial score (nSPS) is 13.7. The number of anilines is 1. The molecule has 0 saturated heterocycles. The van der Waals surface area contributed by atoms with Gasteiger partial charge in [0, 0.05) is 24.2 Å². The second-order valence-electron chi connectivity index (χ2n) is 5.51. The lowest BCUT2D eigenvalue weighted by Gasteiger charge is -2.12. The molecule has 1 saturated carbocycles. The number of hydrogen-bond donors (Lipinski definition) is 2. The lowest BCUT2D eigenvalue weighted by molar-refractivity contribution is 0.0963. The fourth-order valence-corrected chi connectivity index (χ4v) is 2.47. The van der Waals surface area contributed by atoms with E-state index in [4.69, 9.17) is 11.6 Å². The number of nitrogens with zero attached hydrogens (tertiary/aromatic N) is 1. The number of amides is 1. The molecule has 1 aromatic heterocycles. The van der Waals surface area contributed by atoms with Crippen molar-refractivity contribution in [1.82, 2.24) is 10.3 Å². The van der Waals surface area contributed by atoms with Crippen molar-refractivity contribution in [2.45, 2.75) is 12.8 Å². The monoisotopic (exact) mass is 315 g/mol. The Labute approximate surface area is 134 Å². The molecule has 1 aliphatic carbocycles. The molecular weight excluding hydrogens is 298 g/mol. The number of rotatable bonds is 5. The van der Waals surface area contributed by atoms with Crippen molar-refractivity contribution in [1.29, 1.82) is 0 Å². The molecule has 114 valence electrons. The molecule has 1 amide bonds. The maximum absolute atomic E-state index is 12.0. The number of halogens is 1. The summed E-state index contributed by atoms with van der Waals surface area (Å²) in [5.41, 5.74) is 2.30. The summed E-state index contributed by atoms with van der Waals surface area (Å²) >= 11 is 6.04. The summed E-state index contributed by atoms with van der Waals surface area (Å²) in [6.45, 7) is 0.857. The van der Waals surface area contributed by atoms with Gasteiger partial charge in [-0.25, -0.2) is 4.98 Å². The van der Waals surface area contributed by atoms with Gasteiger partial charge in [-0.15, -0.1) is 0 Å². The molecule has 0 atom stereocenters. The summed E-state index contributed by atoms with van der Waals surface area (Å²) in [5, 5.41) is 6.63. The number of nitrogens with one attached hydrogen (secondary N) is 2. The van der Waals surface area contributed by atoms with Gasteiger partial charge in [0.25, 0.3) is 5.91 Å². The van der Waals surface area contributed by atoms with E-state index in [2.05, 4.69) is 15.6 Å². The van der Waals surface area contributed by atoms with Crippen LogP contribution in [0.2, 0.25) is 5.02 Å². The van der Waals surface area contributed by atoms with Crippen molar-refractivity contribution in [3.63, 3.8) is 0 Å². The SMILES string of the molecule is CNC(=O)c1ccc(-c2cccc(Cl)c2)nc1NCC1CC1. The lowest BCUT2D eigenvalue weighted by atomic mass is 10.1. The zero-order chi connectivity index (χ0) is 15.5. The predicted octanol–water partition coefficient (Wildman–Crippen LogP) is 3.58. The maximum Gasteiger partial charge on any atom is 0.254 e. The molecule has 1 aliphatic rings. The average molecular weight is 316 g/mol. The fourth-order valence-electron chi connectivity index (χ4n) is 2.28. The van der Waals surface area contributed by atoms with Gasteiger partial charge in [0.2, 0.25) is 0 Å². The van der Waals surface area contributed by atoms with Crippen molar-refractivity contribution in [3.05, 3.63) is 47.0 Å². The van der Waals surface area contributed by atoms with Gasteiger partial charge in [-0.2, -0.15) is 0 Å². The highest BCUT2D eigenvalue weighted by Crippen LogP contribution is 2.30. The lowest BCUT2D eigenvalue weighted by Crippen LogP contribution is -2.21. The molecule has 3 rings (SSSR count). The van der Waals surface area contributed by atoms with E-state index in [1.165, 1.54) is 12.8 Å². The number of benzene rings is 1. The number of pyridine rings is 1. The highest BCUT2D eigenvalue weighted by molar-refractivity contribution is 6.30. The van der Waals surface area contributed by atoms with Crippen LogP contribution in [0.1, 0.15) is 23.2 Å². The number of carbonyl (C=O) groups excluding carboxylic acids is 1. The van der Waals surface area contributed by atoms with Crippen LogP contribution < -0.4 is 10.6 Å². The molecule has 0 radical (unpaired) electrons. The first-order chi connectivity index (χ1) is 10.7. The second-order valence-corrected chi connectivity index (χ2v) is 5.94. The van der Waals surface area contributed by atoms with Gasteiger partial charge in [-0.1, -0.05) is 23.7 Å². The molecule has 5 heteroatoms. The van der Waals surface area contributed by atoms with Crippen LogP contribution in [0.3, 0.4) is 0 Å². The van der Waals surface area contributed by atoms with Crippen LogP contribution in [-0.4, -0.2) is 24.5 Å². The number of carbonyl (C=O) groups is 1. The van der Waals surface area contributed by atoms with Crippen LogP contribution in [0.4, 0.5) is 5.82 Å². The standard InChI is InChI=1S/C17H18ClN3O/c1-19-17(22)14-7-8-15(12-3-2-4-13(18)9-12)21-16(14)20-10-11-5-6-11/h2-4,7-9,11H,5-6,10H2,1H3,(H,19,22)(H,20,21). The summed E-state index contributed by atoms with van der Waals surface area (Å²) < 4.78 is 0. The van der Waals surface area contributed by atoms with Gasteiger partial charge in [-0.05, 0) is 43.0 Å². The summed E-state index contributed by atoms with van der Waals surface area (Å²) in [6, 6.07) is 11.2. The Kier molecular flexibility index (Phi) is 4.29. The van der Waals surface area contributed by atoms with Crippen molar-refractivity contribution in [2.24, 2.45) is 5.92 Å². The summed E-state index contributed by atoms with van der Waals surface area (Å²) in [4.78, 5) is 16.6. The Morgan fingerprint density at radius 1 is 1.32 bits per heavy atom. The van der Waals surface area contributed by atoms with E-state index >= 15 is 0 Å².